The largest absolute Gasteiger partial charge is 0.480 e. The molecule has 1 fully saturated rings. The molecular weight excluding hydrogens is 290 g/mol. The van der Waals surface area contributed by atoms with Crippen molar-refractivity contribution in [3.8, 4) is 0 Å². The third-order valence-corrected chi connectivity index (χ3v) is 4.77. The number of benzene rings is 1. The number of carboxylic acid groups (broad SMARTS) is 1. The molecule has 0 spiro atoms. The first kappa shape index (κ1) is 17.9. The number of aliphatic carboxylic acids is 1. The smallest absolute Gasteiger partial charge is 0.320 e. The molecule has 1 aromatic rings. The number of carboxylic acids is 1. The van der Waals surface area contributed by atoms with Crippen LogP contribution in [0.25, 0.3) is 0 Å². The van der Waals surface area contributed by atoms with E-state index in [9.17, 15) is 4.79 Å². The first-order valence-electron chi connectivity index (χ1n) is 8.57. The van der Waals surface area contributed by atoms with Crippen LogP contribution in [0.4, 0.5) is 0 Å². The molecule has 1 aromatic carbocycles. The molecule has 0 bridgehead atoms. The lowest BCUT2D eigenvalue weighted by Crippen LogP contribution is -2.36. The van der Waals surface area contributed by atoms with Crippen LogP contribution in [-0.2, 0) is 4.79 Å². The maximum atomic E-state index is 10.9. The Morgan fingerprint density at radius 1 is 1.26 bits per heavy atom. The Bertz CT molecular complexity index is 480. The molecule has 3 unspecified atom stereocenters. The molecule has 0 aliphatic carbocycles. The summed E-state index contributed by atoms with van der Waals surface area (Å²) in [6.07, 6.45) is 5.66. The standard InChI is InChI=1S/C18H29N3O2/c1-14(18(22)23)21(2)12-8-4-7-11-16-13-17(20-19-16)15-9-5-3-6-10-15/h3,5-6,9-10,14,16-17,19-20H,4,7-8,11-13H2,1-2H3,(H,22,23). The van der Waals surface area contributed by atoms with Gasteiger partial charge in [-0.15, -0.1) is 0 Å². The lowest BCUT2D eigenvalue weighted by Gasteiger charge is -2.20. The Labute approximate surface area is 139 Å². The van der Waals surface area contributed by atoms with Crippen molar-refractivity contribution in [2.45, 2.75) is 57.2 Å². The fraction of sp³-hybridized carbons (Fsp3) is 0.611. The SMILES string of the molecule is CC(C(=O)O)N(C)CCCCCC1CC(c2ccccc2)NN1. The van der Waals surface area contributed by atoms with Gasteiger partial charge in [0, 0.05) is 12.1 Å². The summed E-state index contributed by atoms with van der Waals surface area (Å²) >= 11 is 0. The average molecular weight is 319 g/mol. The van der Waals surface area contributed by atoms with Gasteiger partial charge < -0.3 is 5.11 Å². The van der Waals surface area contributed by atoms with Crippen molar-refractivity contribution in [2.75, 3.05) is 13.6 Å². The summed E-state index contributed by atoms with van der Waals surface area (Å²) in [6.45, 7) is 2.58. The minimum Gasteiger partial charge on any atom is -0.480 e. The van der Waals surface area contributed by atoms with Crippen LogP contribution >= 0.6 is 0 Å². The second kappa shape index (κ2) is 9.01. The second-order valence-electron chi connectivity index (χ2n) is 6.53. The summed E-state index contributed by atoms with van der Waals surface area (Å²) in [5.41, 5.74) is 8.13. The van der Waals surface area contributed by atoms with Crippen molar-refractivity contribution < 1.29 is 9.90 Å². The Balaban J connectivity index is 1.58. The normalized spacial score (nSPS) is 22.4. The van der Waals surface area contributed by atoms with Gasteiger partial charge in [-0.05, 0) is 45.3 Å². The van der Waals surface area contributed by atoms with E-state index in [1.807, 2.05) is 18.0 Å². The van der Waals surface area contributed by atoms with Crippen molar-refractivity contribution in [1.82, 2.24) is 15.8 Å². The zero-order valence-corrected chi connectivity index (χ0v) is 14.2. The number of rotatable bonds is 9. The molecule has 3 atom stereocenters. The Morgan fingerprint density at radius 3 is 2.70 bits per heavy atom. The Kier molecular flexibility index (Phi) is 7.02. The van der Waals surface area contributed by atoms with Crippen LogP contribution in [0.15, 0.2) is 30.3 Å². The molecule has 5 nitrogen and oxygen atoms in total. The van der Waals surface area contributed by atoms with Gasteiger partial charge in [0.05, 0.1) is 0 Å². The highest BCUT2D eigenvalue weighted by atomic mass is 16.4. The first-order chi connectivity index (χ1) is 11.1. The predicted octanol–water partition coefficient (Wildman–Crippen LogP) is 2.56. The molecule has 5 heteroatoms. The van der Waals surface area contributed by atoms with Crippen molar-refractivity contribution >= 4 is 5.97 Å². The van der Waals surface area contributed by atoms with Crippen LogP contribution in [-0.4, -0.2) is 41.7 Å². The zero-order chi connectivity index (χ0) is 16.7. The molecule has 2 rings (SSSR count). The molecule has 128 valence electrons. The number of carbonyl (C=O) groups is 1. The highest BCUT2D eigenvalue weighted by molar-refractivity contribution is 5.72. The number of hydrogen-bond acceptors (Lipinski definition) is 4. The van der Waals surface area contributed by atoms with Crippen LogP contribution in [0.2, 0.25) is 0 Å². The first-order valence-corrected chi connectivity index (χ1v) is 8.57. The summed E-state index contributed by atoms with van der Waals surface area (Å²) in [6, 6.07) is 11.1. The van der Waals surface area contributed by atoms with Gasteiger partial charge in [0.1, 0.15) is 6.04 Å². The third kappa shape index (κ3) is 5.61. The van der Waals surface area contributed by atoms with Gasteiger partial charge in [-0.1, -0.05) is 43.2 Å². The van der Waals surface area contributed by atoms with Crippen molar-refractivity contribution in [3.05, 3.63) is 35.9 Å². The summed E-state index contributed by atoms with van der Waals surface area (Å²) in [5.74, 6) is -0.749. The maximum Gasteiger partial charge on any atom is 0.320 e. The maximum absolute atomic E-state index is 10.9. The van der Waals surface area contributed by atoms with E-state index in [1.54, 1.807) is 6.92 Å². The topological polar surface area (TPSA) is 64.6 Å². The van der Waals surface area contributed by atoms with E-state index in [0.29, 0.717) is 12.1 Å². The monoisotopic (exact) mass is 319 g/mol. The number of hydrogen-bond donors (Lipinski definition) is 3. The molecule has 1 saturated heterocycles. The summed E-state index contributed by atoms with van der Waals surface area (Å²) in [7, 11) is 1.88. The number of hydrazine groups is 1. The van der Waals surface area contributed by atoms with Crippen molar-refractivity contribution in [3.63, 3.8) is 0 Å². The summed E-state index contributed by atoms with van der Waals surface area (Å²) < 4.78 is 0. The van der Waals surface area contributed by atoms with E-state index in [1.165, 1.54) is 12.0 Å². The van der Waals surface area contributed by atoms with Gasteiger partial charge in [-0.25, -0.2) is 0 Å². The summed E-state index contributed by atoms with van der Waals surface area (Å²) in [5, 5.41) is 8.96. The van der Waals surface area contributed by atoms with E-state index in [4.69, 9.17) is 5.11 Å². The van der Waals surface area contributed by atoms with Crippen LogP contribution in [0.3, 0.4) is 0 Å². The van der Waals surface area contributed by atoms with Crippen LogP contribution in [0.1, 0.15) is 50.6 Å². The van der Waals surface area contributed by atoms with E-state index in [2.05, 4.69) is 35.1 Å². The highest BCUT2D eigenvalue weighted by Crippen LogP contribution is 2.24. The third-order valence-electron chi connectivity index (χ3n) is 4.77. The van der Waals surface area contributed by atoms with E-state index in [-0.39, 0.29) is 0 Å². The molecule has 3 N–H and O–H groups in total. The number of likely N-dealkylation sites (N-methyl/N-ethyl adjacent to an activating group) is 1. The quantitative estimate of drug-likeness (QED) is 0.611. The average Bonchev–Trinajstić information content (AvgIpc) is 3.03. The zero-order valence-electron chi connectivity index (χ0n) is 14.2. The van der Waals surface area contributed by atoms with Crippen LogP contribution in [0, 0.1) is 0 Å². The number of nitrogens with zero attached hydrogens (tertiary/aromatic N) is 1. The number of nitrogens with one attached hydrogen (secondary N) is 2. The van der Waals surface area contributed by atoms with Crippen molar-refractivity contribution in [2.24, 2.45) is 0 Å². The van der Waals surface area contributed by atoms with E-state index >= 15 is 0 Å². The highest BCUT2D eigenvalue weighted by Gasteiger charge is 2.24. The molecule has 1 heterocycles. The Hall–Kier alpha value is -1.43. The predicted molar refractivity (Wildman–Crippen MR) is 92.1 cm³/mol. The second-order valence-corrected chi connectivity index (χ2v) is 6.53. The fourth-order valence-electron chi connectivity index (χ4n) is 3.03. The molecule has 0 aromatic heterocycles. The summed E-state index contributed by atoms with van der Waals surface area (Å²) in [4.78, 5) is 12.8. The minimum atomic E-state index is -0.749. The lowest BCUT2D eigenvalue weighted by molar-refractivity contribution is -0.142. The fourth-order valence-corrected chi connectivity index (χ4v) is 3.03. The van der Waals surface area contributed by atoms with Gasteiger partial charge in [0.15, 0.2) is 0 Å². The van der Waals surface area contributed by atoms with Crippen molar-refractivity contribution in [1.29, 1.82) is 0 Å². The Morgan fingerprint density at radius 2 is 2.00 bits per heavy atom. The number of unbranched alkanes of at least 4 members (excludes halogenated alkanes) is 2. The van der Waals surface area contributed by atoms with E-state index in [0.717, 1.165) is 32.2 Å². The lowest BCUT2D eigenvalue weighted by atomic mass is 9.99. The van der Waals surface area contributed by atoms with Gasteiger partial charge in [-0.3, -0.25) is 20.5 Å². The van der Waals surface area contributed by atoms with Gasteiger partial charge in [0.2, 0.25) is 0 Å². The van der Waals surface area contributed by atoms with Crippen LogP contribution < -0.4 is 10.9 Å². The molecule has 1 aliphatic rings. The molecule has 23 heavy (non-hydrogen) atoms. The molecule has 0 radical (unpaired) electrons. The van der Waals surface area contributed by atoms with Gasteiger partial charge >= 0.3 is 5.97 Å². The molecule has 1 aliphatic heterocycles. The van der Waals surface area contributed by atoms with Crippen LogP contribution in [0.5, 0.6) is 0 Å². The van der Waals surface area contributed by atoms with E-state index < -0.39 is 12.0 Å². The molecule has 0 saturated carbocycles. The molecular formula is C18H29N3O2. The molecule has 0 amide bonds. The van der Waals surface area contributed by atoms with Gasteiger partial charge in [0.25, 0.3) is 0 Å². The van der Waals surface area contributed by atoms with Gasteiger partial charge in [-0.2, -0.15) is 0 Å². The minimum absolute atomic E-state index is 0.401.